The Morgan fingerprint density at radius 2 is 2.08 bits per heavy atom. The molecule has 0 bridgehead atoms. The average molecular weight is 193 g/mol. The first-order valence-electron chi connectivity index (χ1n) is 3.84. The maximum atomic E-state index is 12.3. The minimum Gasteiger partial charge on any atom is -0.344 e. The summed E-state index contributed by atoms with van der Waals surface area (Å²) in [6, 6.07) is 0. The van der Waals surface area contributed by atoms with Crippen LogP contribution in [0.15, 0.2) is 0 Å². The molecule has 0 atom stereocenters. The van der Waals surface area contributed by atoms with Gasteiger partial charge < -0.3 is 10.7 Å². The zero-order valence-electron chi connectivity index (χ0n) is 7.07. The van der Waals surface area contributed by atoms with E-state index in [0.29, 0.717) is 0 Å². The van der Waals surface area contributed by atoms with Crippen LogP contribution < -0.4 is 5.73 Å². The molecule has 0 radical (unpaired) electrons. The average Bonchev–Trinajstić information content (AvgIpc) is 2.46. The van der Waals surface area contributed by atoms with Crippen molar-refractivity contribution in [2.75, 3.05) is 0 Å². The van der Waals surface area contributed by atoms with Crippen LogP contribution in [-0.2, 0) is 19.1 Å². The Morgan fingerprint density at radius 1 is 1.46 bits per heavy atom. The maximum absolute atomic E-state index is 12.3. The third kappa shape index (κ3) is 2.00. The SMILES string of the molecule is CCc1[nH]c(CN)nc1C(F)(F)F. The second-order valence-electron chi connectivity index (χ2n) is 2.57. The third-order valence-corrected chi connectivity index (χ3v) is 1.64. The summed E-state index contributed by atoms with van der Waals surface area (Å²) in [4.78, 5) is 5.90. The standard InChI is InChI=1S/C7H10F3N3/c1-2-4-6(7(8,9)10)13-5(3-11)12-4/h2-3,11H2,1H3,(H,12,13). The van der Waals surface area contributed by atoms with Gasteiger partial charge in [-0.1, -0.05) is 6.92 Å². The number of halogens is 3. The Labute approximate surface area is 73.2 Å². The van der Waals surface area contributed by atoms with Gasteiger partial charge in [-0.15, -0.1) is 0 Å². The molecule has 1 rings (SSSR count). The molecule has 0 aliphatic rings. The summed E-state index contributed by atoms with van der Waals surface area (Å²) in [6.07, 6.45) is -4.13. The van der Waals surface area contributed by atoms with Crippen LogP contribution in [0.25, 0.3) is 0 Å². The molecule has 0 aromatic carbocycles. The Kier molecular flexibility index (Phi) is 2.60. The Hall–Kier alpha value is -1.04. The van der Waals surface area contributed by atoms with Crippen molar-refractivity contribution in [2.45, 2.75) is 26.1 Å². The molecule has 1 aromatic rings. The molecule has 3 nitrogen and oxygen atoms in total. The molecule has 0 saturated heterocycles. The van der Waals surface area contributed by atoms with Gasteiger partial charge in [-0.05, 0) is 6.42 Å². The molecule has 0 fully saturated rings. The van der Waals surface area contributed by atoms with E-state index in [1.54, 1.807) is 6.92 Å². The van der Waals surface area contributed by atoms with Crippen molar-refractivity contribution < 1.29 is 13.2 Å². The van der Waals surface area contributed by atoms with Crippen molar-refractivity contribution in [3.8, 4) is 0 Å². The topological polar surface area (TPSA) is 54.7 Å². The van der Waals surface area contributed by atoms with Crippen LogP contribution in [0.4, 0.5) is 13.2 Å². The van der Waals surface area contributed by atoms with Crippen LogP contribution >= 0.6 is 0 Å². The zero-order chi connectivity index (χ0) is 10.1. The van der Waals surface area contributed by atoms with Crippen molar-refractivity contribution in [1.82, 2.24) is 9.97 Å². The van der Waals surface area contributed by atoms with E-state index in [4.69, 9.17) is 5.73 Å². The highest BCUT2D eigenvalue weighted by atomic mass is 19.4. The fourth-order valence-electron chi connectivity index (χ4n) is 1.05. The van der Waals surface area contributed by atoms with E-state index in [0.717, 1.165) is 0 Å². The number of imidazole rings is 1. The molecule has 0 aliphatic heterocycles. The summed E-state index contributed by atoms with van der Waals surface area (Å²) in [5, 5.41) is 0. The molecule has 3 N–H and O–H groups in total. The van der Waals surface area contributed by atoms with Gasteiger partial charge in [0.05, 0.1) is 6.54 Å². The van der Waals surface area contributed by atoms with Gasteiger partial charge in [-0.25, -0.2) is 4.98 Å². The highest BCUT2D eigenvalue weighted by molar-refractivity contribution is 5.17. The number of H-pyrrole nitrogens is 1. The third-order valence-electron chi connectivity index (χ3n) is 1.64. The molecular weight excluding hydrogens is 183 g/mol. The first-order chi connectivity index (χ1) is 5.99. The van der Waals surface area contributed by atoms with Crippen LogP contribution in [-0.4, -0.2) is 9.97 Å². The van der Waals surface area contributed by atoms with E-state index in [9.17, 15) is 13.2 Å². The van der Waals surface area contributed by atoms with Gasteiger partial charge >= 0.3 is 6.18 Å². The van der Waals surface area contributed by atoms with Crippen molar-refractivity contribution in [1.29, 1.82) is 0 Å². The molecule has 74 valence electrons. The lowest BCUT2D eigenvalue weighted by atomic mass is 10.2. The number of aromatic amines is 1. The molecular formula is C7H10F3N3. The van der Waals surface area contributed by atoms with Gasteiger partial charge in [0.25, 0.3) is 0 Å². The van der Waals surface area contributed by atoms with E-state index in [2.05, 4.69) is 9.97 Å². The van der Waals surface area contributed by atoms with Gasteiger partial charge in [0, 0.05) is 5.69 Å². The lowest BCUT2D eigenvalue weighted by Crippen LogP contribution is -2.09. The lowest BCUT2D eigenvalue weighted by Gasteiger charge is -2.03. The fraction of sp³-hybridized carbons (Fsp3) is 0.571. The smallest absolute Gasteiger partial charge is 0.344 e. The predicted molar refractivity (Wildman–Crippen MR) is 40.9 cm³/mol. The van der Waals surface area contributed by atoms with Gasteiger partial charge in [-0.3, -0.25) is 0 Å². The van der Waals surface area contributed by atoms with Gasteiger partial charge in [0.2, 0.25) is 0 Å². The van der Waals surface area contributed by atoms with Crippen LogP contribution in [0.1, 0.15) is 24.1 Å². The van der Waals surface area contributed by atoms with Crippen molar-refractivity contribution >= 4 is 0 Å². The molecule has 6 heteroatoms. The van der Waals surface area contributed by atoms with Gasteiger partial charge in [-0.2, -0.15) is 13.2 Å². The molecule has 0 spiro atoms. The minimum atomic E-state index is -4.39. The summed E-state index contributed by atoms with van der Waals surface area (Å²) in [7, 11) is 0. The number of alkyl halides is 3. The van der Waals surface area contributed by atoms with E-state index < -0.39 is 11.9 Å². The number of aryl methyl sites for hydroxylation is 1. The highest BCUT2D eigenvalue weighted by Gasteiger charge is 2.36. The predicted octanol–water partition coefficient (Wildman–Crippen LogP) is 1.45. The molecule has 1 aromatic heterocycles. The summed E-state index contributed by atoms with van der Waals surface area (Å²) in [6.45, 7) is 1.62. The minimum absolute atomic E-state index is 0.0108. The van der Waals surface area contributed by atoms with E-state index >= 15 is 0 Å². The normalized spacial score (nSPS) is 12.1. The Balaban J connectivity index is 3.11. The number of nitrogens with one attached hydrogen (secondary N) is 1. The van der Waals surface area contributed by atoms with Crippen LogP contribution in [0.3, 0.4) is 0 Å². The highest BCUT2D eigenvalue weighted by Crippen LogP contribution is 2.30. The Morgan fingerprint density at radius 3 is 2.38 bits per heavy atom. The fourth-order valence-corrected chi connectivity index (χ4v) is 1.05. The van der Waals surface area contributed by atoms with Crippen LogP contribution in [0.5, 0.6) is 0 Å². The van der Waals surface area contributed by atoms with E-state index in [1.165, 1.54) is 0 Å². The van der Waals surface area contributed by atoms with Crippen molar-refractivity contribution in [3.05, 3.63) is 17.2 Å². The summed E-state index contributed by atoms with van der Waals surface area (Å²) in [5.41, 5.74) is 4.41. The van der Waals surface area contributed by atoms with Crippen molar-refractivity contribution in [2.24, 2.45) is 5.73 Å². The number of nitrogens with two attached hydrogens (primary N) is 1. The number of rotatable bonds is 2. The van der Waals surface area contributed by atoms with E-state index in [-0.39, 0.29) is 24.5 Å². The van der Waals surface area contributed by atoms with Crippen molar-refractivity contribution in [3.63, 3.8) is 0 Å². The van der Waals surface area contributed by atoms with Gasteiger partial charge in [0.1, 0.15) is 5.82 Å². The molecule has 0 unspecified atom stereocenters. The van der Waals surface area contributed by atoms with Gasteiger partial charge in [0.15, 0.2) is 5.69 Å². The maximum Gasteiger partial charge on any atom is 0.435 e. The molecule has 13 heavy (non-hydrogen) atoms. The molecule has 0 saturated carbocycles. The Bertz CT molecular complexity index is 290. The lowest BCUT2D eigenvalue weighted by molar-refractivity contribution is -0.141. The first-order valence-corrected chi connectivity index (χ1v) is 3.84. The second-order valence-corrected chi connectivity index (χ2v) is 2.57. The zero-order valence-corrected chi connectivity index (χ0v) is 7.07. The molecule has 0 aliphatic carbocycles. The number of hydrogen-bond donors (Lipinski definition) is 2. The molecule has 1 heterocycles. The number of hydrogen-bond acceptors (Lipinski definition) is 2. The van der Waals surface area contributed by atoms with E-state index in [1.807, 2.05) is 0 Å². The monoisotopic (exact) mass is 193 g/mol. The second kappa shape index (κ2) is 3.37. The summed E-state index contributed by atoms with van der Waals surface area (Å²) < 4.78 is 36.8. The summed E-state index contributed by atoms with van der Waals surface area (Å²) >= 11 is 0. The van der Waals surface area contributed by atoms with Crippen LogP contribution in [0, 0.1) is 0 Å². The molecule has 0 amide bonds. The number of aromatic nitrogens is 2. The largest absolute Gasteiger partial charge is 0.435 e. The first kappa shape index (κ1) is 10.0. The summed E-state index contributed by atoms with van der Waals surface area (Å²) in [5.74, 6) is 0.171. The van der Waals surface area contributed by atoms with Crippen LogP contribution in [0.2, 0.25) is 0 Å². The quantitative estimate of drug-likeness (QED) is 0.746. The number of nitrogens with zero attached hydrogens (tertiary/aromatic N) is 1.